The number of carbonyl (C=O) groups excluding carboxylic acids is 1. The summed E-state index contributed by atoms with van der Waals surface area (Å²) in [7, 11) is 0. The van der Waals surface area contributed by atoms with Gasteiger partial charge in [0.15, 0.2) is 0 Å². The van der Waals surface area contributed by atoms with Gasteiger partial charge in [-0.1, -0.05) is 13.8 Å². The van der Waals surface area contributed by atoms with E-state index >= 15 is 0 Å². The van der Waals surface area contributed by atoms with Crippen molar-refractivity contribution in [3.05, 3.63) is 0 Å². The Balaban J connectivity index is 0. The number of hydrogen-bond acceptors (Lipinski definition) is 7. The minimum Gasteiger partial charge on any atom is -0.379 e. The van der Waals surface area contributed by atoms with Crippen molar-refractivity contribution in [2.75, 3.05) is 72.6 Å². The Morgan fingerprint density at radius 1 is 0.667 bits per heavy atom. The van der Waals surface area contributed by atoms with Crippen LogP contribution in [-0.2, 0) is 28.5 Å². The van der Waals surface area contributed by atoms with Crippen LogP contribution in [0.5, 0.6) is 0 Å². The number of ketones is 1. The number of hydrogen-bond donors (Lipinski definition) is 1. The minimum atomic E-state index is 0.128. The normalized spacial score (nSPS) is 11.2. The zero-order chi connectivity index (χ0) is 20.8. The summed E-state index contributed by atoms with van der Waals surface area (Å²) in [6.45, 7) is 18.3. The molecular weight excluding hydrogens is 350 g/mol. The SMILES string of the molecule is CC.CC(=O)CCOCCOCCOCCOCCOCCNC(C)(C)C. The maximum absolute atomic E-state index is 10.7. The summed E-state index contributed by atoms with van der Waals surface area (Å²) in [4.78, 5) is 10.7. The van der Waals surface area contributed by atoms with Crippen LogP contribution in [0.2, 0.25) is 0 Å². The molecule has 0 spiro atoms. The third kappa shape index (κ3) is 30.4. The topological polar surface area (TPSA) is 75.3 Å². The van der Waals surface area contributed by atoms with Crippen LogP contribution < -0.4 is 5.32 Å². The summed E-state index contributed by atoms with van der Waals surface area (Å²) in [5.41, 5.74) is 0.128. The quantitative estimate of drug-likeness (QED) is 0.359. The molecule has 0 aliphatic carbocycles. The van der Waals surface area contributed by atoms with Crippen LogP contribution in [0.4, 0.5) is 0 Å². The molecule has 0 aliphatic rings. The Hall–Kier alpha value is -0.570. The van der Waals surface area contributed by atoms with Crippen LogP contribution in [0, 0.1) is 0 Å². The van der Waals surface area contributed by atoms with Crippen LogP contribution >= 0.6 is 0 Å². The molecule has 7 heteroatoms. The second kappa shape index (κ2) is 21.7. The fourth-order valence-corrected chi connectivity index (χ4v) is 1.70. The van der Waals surface area contributed by atoms with Crippen LogP contribution in [-0.4, -0.2) is 83.9 Å². The highest BCUT2D eigenvalue weighted by atomic mass is 16.6. The molecule has 0 heterocycles. The van der Waals surface area contributed by atoms with Crippen LogP contribution in [0.1, 0.15) is 48.0 Å². The van der Waals surface area contributed by atoms with E-state index in [1.54, 1.807) is 6.92 Å². The van der Waals surface area contributed by atoms with Gasteiger partial charge in [-0.05, 0) is 27.7 Å². The van der Waals surface area contributed by atoms with Gasteiger partial charge in [-0.3, -0.25) is 4.79 Å². The third-order valence-corrected chi connectivity index (χ3v) is 2.99. The Bertz CT molecular complexity index is 307. The summed E-state index contributed by atoms with van der Waals surface area (Å²) in [6, 6.07) is 0. The Kier molecular flexibility index (Phi) is 23.0. The molecule has 7 nitrogen and oxygen atoms in total. The number of Topliss-reactive ketones (excluding diaryl/α,β-unsaturated/α-hetero) is 1. The monoisotopic (exact) mass is 393 g/mol. The first-order chi connectivity index (χ1) is 12.9. The van der Waals surface area contributed by atoms with E-state index in [9.17, 15) is 4.79 Å². The van der Waals surface area contributed by atoms with Gasteiger partial charge in [0, 0.05) is 18.5 Å². The number of ether oxygens (including phenoxy) is 5. The molecular formula is C20H43NO6. The van der Waals surface area contributed by atoms with Gasteiger partial charge < -0.3 is 29.0 Å². The second-order valence-corrected chi connectivity index (χ2v) is 6.69. The zero-order valence-corrected chi connectivity index (χ0v) is 18.4. The van der Waals surface area contributed by atoms with Crippen molar-refractivity contribution in [1.29, 1.82) is 0 Å². The molecule has 0 saturated heterocycles. The number of nitrogens with one attached hydrogen (secondary N) is 1. The van der Waals surface area contributed by atoms with Crippen molar-refractivity contribution in [2.45, 2.75) is 53.5 Å². The van der Waals surface area contributed by atoms with Crippen molar-refractivity contribution in [1.82, 2.24) is 5.32 Å². The van der Waals surface area contributed by atoms with Crippen LogP contribution in [0.3, 0.4) is 0 Å². The summed E-state index contributed by atoms with van der Waals surface area (Å²) in [6.07, 6.45) is 0.460. The van der Waals surface area contributed by atoms with E-state index in [1.807, 2.05) is 13.8 Å². The molecule has 0 saturated carbocycles. The van der Waals surface area contributed by atoms with Crippen LogP contribution in [0.25, 0.3) is 0 Å². The number of rotatable bonds is 18. The lowest BCUT2D eigenvalue weighted by Gasteiger charge is -2.20. The third-order valence-electron chi connectivity index (χ3n) is 2.99. The van der Waals surface area contributed by atoms with Gasteiger partial charge in [-0.15, -0.1) is 0 Å². The lowest BCUT2D eigenvalue weighted by Crippen LogP contribution is -2.38. The fraction of sp³-hybridized carbons (Fsp3) is 0.950. The standard InChI is InChI=1S/C18H37NO6.C2H6/c1-17(20)5-7-21-9-11-23-13-15-25-16-14-24-12-10-22-8-6-19-18(2,3)4;1-2/h19H,5-16H2,1-4H3;1-2H3. The van der Waals surface area contributed by atoms with E-state index in [0.717, 1.165) is 6.54 Å². The Morgan fingerprint density at radius 3 is 1.33 bits per heavy atom. The molecule has 0 aliphatic heterocycles. The van der Waals surface area contributed by atoms with Crippen molar-refractivity contribution in [2.24, 2.45) is 0 Å². The molecule has 1 N–H and O–H groups in total. The smallest absolute Gasteiger partial charge is 0.132 e. The van der Waals surface area contributed by atoms with Gasteiger partial charge in [0.2, 0.25) is 0 Å². The highest BCUT2D eigenvalue weighted by Gasteiger charge is 2.06. The summed E-state index contributed by atoms with van der Waals surface area (Å²) in [5.74, 6) is 0.139. The maximum Gasteiger partial charge on any atom is 0.132 e. The summed E-state index contributed by atoms with van der Waals surface area (Å²) >= 11 is 0. The first-order valence-electron chi connectivity index (χ1n) is 10.0. The highest BCUT2D eigenvalue weighted by molar-refractivity contribution is 5.75. The van der Waals surface area contributed by atoms with E-state index in [0.29, 0.717) is 72.5 Å². The molecule has 0 unspecified atom stereocenters. The average Bonchev–Trinajstić information content (AvgIpc) is 2.61. The highest BCUT2D eigenvalue weighted by Crippen LogP contribution is 1.96. The summed E-state index contributed by atoms with van der Waals surface area (Å²) in [5, 5.41) is 3.36. The molecule has 164 valence electrons. The van der Waals surface area contributed by atoms with Gasteiger partial charge in [0.25, 0.3) is 0 Å². The van der Waals surface area contributed by atoms with Crippen molar-refractivity contribution >= 4 is 5.78 Å². The largest absolute Gasteiger partial charge is 0.379 e. The molecule has 0 radical (unpaired) electrons. The van der Waals surface area contributed by atoms with E-state index < -0.39 is 0 Å². The minimum absolute atomic E-state index is 0.128. The predicted molar refractivity (Wildman–Crippen MR) is 108 cm³/mol. The molecule has 0 bridgehead atoms. The average molecular weight is 394 g/mol. The van der Waals surface area contributed by atoms with Gasteiger partial charge in [0.05, 0.1) is 66.1 Å². The van der Waals surface area contributed by atoms with E-state index in [2.05, 4.69) is 26.1 Å². The molecule has 0 aromatic rings. The van der Waals surface area contributed by atoms with E-state index in [4.69, 9.17) is 23.7 Å². The molecule has 0 atom stereocenters. The van der Waals surface area contributed by atoms with E-state index in [1.165, 1.54) is 0 Å². The fourth-order valence-electron chi connectivity index (χ4n) is 1.70. The first-order valence-corrected chi connectivity index (χ1v) is 10.0. The Labute approximate surface area is 166 Å². The van der Waals surface area contributed by atoms with Crippen LogP contribution in [0.15, 0.2) is 0 Å². The zero-order valence-electron chi connectivity index (χ0n) is 18.4. The van der Waals surface area contributed by atoms with Crippen molar-refractivity contribution in [3.63, 3.8) is 0 Å². The van der Waals surface area contributed by atoms with Gasteiger partial charge in [-0.25, -0.2) is 0 Å². The molecule has 0 aromatic carbocycles. The molecule has 0 rings (SSSR count). The molecule has 0 fully saturated rings. The van der Waals surface area contributed by atoms with Crippen molar-refractivity contribution < 1.29 is 28.5 Å². The lowest BCUT2D eigenvalue weighted by atomic mass is 10.1. The second-order valence-electron chi connectivity index (χ2n) is 6.69. The lowest BCUT2D eigenvalue weighted by molar-refractivity contribution is -0.118. The molecule has 0 amide bonds. The Morgan fingerprint density at radius 2 is 1.00 bits per heavy atom. The molecule has 0 aromatic heterocycles. The maximum atomic E-state index is 10.7. The van der Waals surface area contributed by atoms with Gasteiger partial charge in [-0.2, -0.15) is 0 Å². The van der Waals surface area contributed by atoms with Crippen molar-refractivity contribution in [3.8, 4) is 0 Å². The summed E-state index contributed by atoms with van der Waals surface area (Å²) < 4.78 is 26.9. The first kappa shape index (κ1) is 28.6. The molecule has 27 heavy (non-hydrogen) atoms. The van der Waals surface area contributed by atoms with Gasteiger partial charge in [0.1, 0.15) is 5.78 Å². The van der Waals surface area contributed by atoms with E-state index in [-0.39, 0.29) is 11.3 Å². The van der Waals surface area contributed by atoms with Gasteiger partial charge >= 0.3 is 0 Å². The predicted octanol–water partition coefficient (Wildman–Crippen LogP) is 2.46. The number of carbonyl (C=O) groups is 1.